The van der Waals surface area contributed by atoms with Crippen molar-refractivity contribution in [2.24, 2.45) is 0 Å². The molecule has 0 fully saturated rings. The molecule has 0 aliphatic rings. The summed E-state index contributed by atoms with van der Waals surface area (Å²) in [7, 11) is 0. The Morgan fingerprint density at radius 2 is 2.10 bits per heavy atom. The zero-order chi connectivity index (χ0) is 14.2. The summed E-state index contributed by atoms with van der Waals surface area (Å²) in [5.41, 5.74) is 0. The van der Waals surface area contributed by atoms with Crippen LogP contribution in [0.2, 0.25) is 0 Å². The van der Waals surface area contributed by atoms with E-state index in [1.54, 1.807) is 31.5 Å². The van der Waals surface area contributed by atoms with E-state index in [0.717, 1.165) is 6.42 Å². The second-order valence-electron chi connectivity index (χ2n) is 4.06. The summed E-state index contributed by atoms with van der Waals surface area (Å²) in [6.45, 7) is 2.96. The van der Waals surface area contributed by atoms with E-state index in [4.69, 9.17) is 4.52 Å². The first-order valence-electron chi connectivity index (χ1n) is 6.23. The molecule has 0 spiro atoms. The molecule has 0 aromatic carbocycles. The van der Waals surface area contributed by atoms with E-state index in [-0.39, 0.29) is 6.03 Å². The number of anilines is 2. The Bertz CT molecular complexity index is 542. The van der Waals surface area contributed by atoms with Crippen LogP contribution in [0, 0.1) is 6.92 Å². The fourth-order valence-corrected chi connectivity index (χ4v) is 1.47. The highest BCUT2D eigenvalue weighted by Gasteiger charge is 2.04. The predicted octanol–water partition coefficient (Wildman–Crippen LogP) is 1.40. The maximum atomic E-state index is 11.5. The van der Waals surface area contributed by atoms with Crippen LogP contribution in [0.15, 0.2) is 29.0 Å². The normalized spacial score (nSPS) is 10.1. The van der Waals surface area contributed by atoms with Gasteiger partial charge in [-0.3, -0.25) is 5.32 Å². The van der Waals surface area contributed by atoms with E-state index < -0.39 is 0 Å². The Labute approximate surface area is 116 Å². The van der Waals surface area contributed by atoms with Gasteiger partial charge in [0, 0.05) is 31.5 Å². The van der Waals surface area contributed by atoms with Gasteiger partial charge in [0.1, 0.15) is 5.76 Å². The minimum absolute atomic E-state index is 0.311. The lowest BCUT2D eigenvalue weighted by Crippen LogP contribution is -2.30. The number of aromatic nitrogens is 3. The largest absolute Gasteiger partial charge is 0.360 e. The van der Waals surface area contributed by atoms with E-state index in [1.165, 1.54) is 0 Å². The second kappa shape index (κ2) is 7.07. The number of aryl methyl sites for hydroxylation is 1. The molecule has 8 heteroatoms. The van der Waals surface area contributed by atoms with Crippen molar-refractivity contribution in [3.63, 3.8) is 0 Å². The summed E-state index contributed by atoms with van der Waals surface area (Å²) >= 11 is 0. The standard InChI is InChI=1S/C12H16N6O2/c1-9-8-10(18-20-9)17-12(19)16-7-3-6-15-11-13-4-2-5-14-11/h2,4-5,8H,3,6-7H2,1H3,(H,13,14,15)(H2,16,17,18,19). The monoisotopic (exact) mass is 276 g/mol. The minimum Gasteiger partial charge on any atom is -0.360 e. The molecule has 2 heterocycles. The summed E-state index contributed by atoms with van der Waals surface area (Å²) in [5, 5.41) is 12.0. The third-order valence-electron chi connectivity index (χ3n) is 2.36. The first kappa shape index (κ1) is 13.8. The van der Waals surface area contributed by atoms with Gasteiger partial charge in [-0.15, -0.1) is 0 Å². The van der Waals surface area contributed by atoms with Gasteiger partial charge in [0.2, 0.25) is 5.95 Å². The number of carbonyl (C=O) groups is 1. The van der Waals surface area contributed by atoms with Crippen molar-refractivity contribution in [3.05, 3.63) is 30.3 Å². The summed E-state index contributed by atoms with van der Waals surface area (Å²) < 4.78 is 4.84. The van der Waals surface area contributed by atoms with Crippen LogP contribution in [-0.4, -0.2) is 34.2 Å². The topological polar surface area (TPSA) is 105 Å². The van der Waals surface area contributed by atoms with Gasteiger partial charge >= 0.3 is 6.03 Å². The molecule has 106 valence electrons. The summed E-state index contributed by atoms with van der Waals surface area (Å²) in [6, 6.07) is 3.09. The summed E-state index contributed by atoms with van der Waals surface area (Å²) in [6.07, 6.45) is 4.09. The molecule has 0 unspecified atom stereocenters. The quantitative estimate of drug-likeness (QED) is 0.689. The average molecular weight is 276 g/mol. The number of carbonyl (C=O) groups excluding carboxylic acids is 1. The highest BCUT2D eigenvalue weighted by Crippen LogP contribution is 2.06. The highest BCUT2D eigenvalue weighted by atomic mass is 16.5. The van der Waals surface area contributed by atoms with Crippen molar-refractivity contribution in [1.29, 1.82) is 0 Å². The van der Waals surface area contributed by atoms with Crippen LogP contribution in [0.5, 0.6) is 0 Å². The van der Waals surface area contributed by atoms with Crippen LogP contribution in [0.3, 0.4) is 0 Å². The Balaban J connectivity index is 1.58. The lowest BCUT2D eigenvalue weighted by Gasteiger charge is -2.06. The molecule has 0 saturated carbocycles. The van der Waals surface area contributed by atoms with Crippen molar-refractivity contribution in [1.82, 2.24) is 20.4 Å². The van der Waals surface area contributed by atoms with Gasteiger partial charge in [0.25, 0.3) is 0 Å². The van der Waals surface area contributed by atoms with Crippen LogP contribution in [0.4, 0.5) is 16.6 Å². The van der Waals surface area contributed by atoms with Gasteiger partial charge in [-0.1, -0.05) is 5.16 Å². The smallest absolute Gasteiger partial charge is 0.320 e. The Hall–Kier alpha value is -2.64. The molecule has 2 aromatic rings. The van der Waals surface area contributed by atoms with Crippen molar-refractivity contribution >= 4 is 17.8 Å². The van der Waals surface area contributed by atoms with Crippen molar-refractivity contribution in [2.45, 2.75) is 13.3 Å². The second-order valence-corrected chi connectivity index (χ2v) is 4.06. The number of hydrogen-bond acceptors (Lipinski definition) is 6. The first-order chi connectivity index (χ1) is 9.74. The van der Waals surface area contributed by atoms with Gasteiger partial charge in [0.05, 0.1) is 0 Å². The third-order valence-corrected chi connectivity index (χ3v) is 2.36. The van der Waals surface area contributed by atoms with Crippen LogP contribution in [0.1, 0.15) is 12.2 Å². The van der Waals surface area contributed by atoms with Gasteiger partial charge in [-0.25, -0.2) is 14.8 Å². The molecule has 2 aromatic heterocycles. The number of hydrogen-bond donors (Lipinski definition) is 3. The molecule has 2 amide bonds. The van der Waals surface area contributed by atoms with Crippen LogP contribution >= 0.6 is 0 Å². The molecule has 0 aliphatic heterocycles. The zero-order valence-corrected chi connectivity index (χ0v) is 11.1. The lowest BCUT2D eigenvalue weighted by atomic mass is 10.4. The van der Waals surface area contributed by atoms with Crippen molar-refractivity contribution in [2.75, 3.05) is 23.7 Å². The molecule has 8 nitrogen and oxygen atoms in total. The van der Waals surface area contributed by atoms with Crippen LogP contribution in [-0.2, 0) is 0 Å². The Kier molecular flexibility index (Phi) is 4.87. The fraction of sp³-hybridized carbons (Fsp3) is 0.333. The molecule has 0 radical (unpaired) electrons. The highest BCUT2D eigenvalue weighted by molar-refractivity contribution is 5.88. The predicted molar refractivity (Wildman–Crippen MR) is 73.4 cm³/mol. The molecule has 2 rings (SSSR count). The maximum absolute atomic E-state index is 11.5. The first-order valence-corrected chi connectivity index (χ1v) is 6.23. The van der Waals surface area contributed by atoms with E-state index in [0.29, 0.717) is 30.6 Å². The SMILES string of the molecule is Cc1cc(NC(=O)NCCCNc2ncccn2)no1. The Morgan fingerprint density at radius 3 is 2.80 bits per heavy atom. The van der Waals surface area contributed by atoms with Crippen LogP contribution < -0.4 is 16.0 Å². The molecule has 0 bridgehead atoms. The average Bonchev–Trinajstić information content (AvgIpc) is 2.85. The van der Waals surface area contributed by atoms with E-state index in [2.05, 4.69) is 31.1 Å². The van der Waals surface area contributed by atoms with Gasteiger partial charge in [0.15, 0.2) is 5.82 Å². The number of urea groups is 1. The van der Waals surface area contributed by atoms with Crippen molar-refractivity contribution < 1.29 is 9.32 Å². The number of rotatable bonds is 6. The lowest BCUT2D eigenvalue weighted by molar-refractivity contribution is 0.252. The van der Waals surface area contributed by atoms with E-state index >= 15 is 0 Å². The third kappa shape index (κ3) is 4.56. The minimum atomic E-state index is -0.311. The van der Waals surface area contributed by atoms with Gasteiger partial charge < -0.3 is 15.2 Å². The van der Waals surface area contributed by atoms with Gasteiger partial charge in [-0.2, -0.15) is 0 Å². The van der Waals surface area contributed by atoms with E-state index in [9.17, 15) is 4.79 Å². The number of amides is 2. The summed E-state index contributed by atoms with van der Waals surface area (Å²) in [5.74, 6) is 1.62. The van der Waals surface area contributed by atoms with Crippen LogP contribution in [0.25, 0.3) is 0 Å². The number of nitrogens with one attached hydrogen (secondary N) is 3. The van der Waals surface area contributed by atoms with E-state index in [1.807, 2.05) is 0 Å². The molecule has 3 N–H and O–H groups in total. The van der Waals surface area contributed by atoms with Gasteiger partial charge in [-0.05, 0) is 19.4 Å². The molecule has 0 atom stereocenters. The molecular weight excluding hydrogens is 260 g/mol. The maximum Gasteiger partial charge on any atom is 0.320 e. The molecule has 20 heavy (non-hydrogen) atoms. The molecule has 0 aliphatic carbocycles. The molecule has 0 saturated heterocycles. The number of nitrogens with zero attached hydrogens (tertiary/aromatic N) is 3. The zero-order valence-electron chi connectivity index (χ0n) is 11.1. The fourth-order valence-electron chi connectivity index (χ4n) is 1.47. The molecular formula is C12H16N6O2. The van der Waals surface area contributed by atoms with Crippen molar-refractivity contribution in [3.8, 4) is 0 Å². The Morgan fingerprint density at radius 1 is 1.30 bits per heavy atom. The summed E-state index contributed by atoms with van der Waals surface area (Å²) in [4.78, 5) is 19.6.